The quantitative estimate of drug-likeness (QED) is 0.687. The second-order valence-corrected chi connectivity index (χ2v) is 3.57. The molecule has 1 aromatic rings. The average Bonchev–Trinajstić information content (AvgIpc) is 2.22. The summed E-state index contributed by atoms with van der Waals surface area (Å²) >= 11 is 5.76. The molecular weight excluding hydrogens is 230 g/mol. The molecule has 0 unspecified atom stereocenters. The van der Waals surface area contributed by atoms with Crippen LogP contribution >= 0.6 is 11.6 Å². The van der Waals surface area contributed by atoms with Gasteiger partial charge in [-0.15, -0.1) is 0 Å². The van der Waals surface area contributed by atoms with Gasteiger partial charge in [0.25, 0.3) is 0 Å². The van der Waals surface area contributed by atoms with Crippen LogP contribution in [0.3, 0.4) is 0 Å². The molecule has 0 heterocycles. The van der Waals surface area contributed by atoms with E-state index in [4.69, 9.17) is 16.7 Å². The Kier molecular flexibility index (Phi) is 4.82. The molecule has 5 heteroatoms. The summed E-state index contributed by atoms with van der Waals surface area (Å²) in [4.78, 5) is 10.2. The molecule has 0 aromatic heterocycles. The third-order valence-corrected chi connectivity index (χ3v) is 2.06. The lowest BCUT2D eigenvalue weighted by atomic mass is 10.2. The van der Waals surface area contributed by atoms with Gasteiger partial charge in [-0.25, -0.2) is 0 Å². The number of phenols is 1. The number of carboxylic acids is 1. The Balaban J connectivity index is 2.49. The molecular formula is C11H12ClNO3. The predicted octanol–water partition coefficient (Wildman–Crippen LogP) is 1.73. The van der Waals surface area contributed by atoms with Gasteiger partial charge in [-0.1, -0.05) is 23.8 Å². The van der Waals surface area contributed by atoms with E-state index >= 15 is 0 Å². The highest BCUT2D eigenvalue weighted by molar-refractivity contribution is 6.30. The van der Waals surface area contributed by atoms with Crippen molar-refractivity contribution in [1.82, 2.24) is 5.32 Å². The molecule has 0 aliphatic rings. The smallest absolute Gasteiger partial charge is 0.317 e. The molecule has 0 saturated carbocycles. The molecule has 0 aliphatic heterocycles. The molecule has 0 spiro atoms. The van der Waals surface area contributed by atoms with E-state index in [0.717, 1.165) is 0 Å². The maximum atomic E-state index is 10.2. The molecule has 3 N–H and O–H groups in total. The van der Waals surface area contributed by atoms with Crippen LogP contribution in [0.1, 0.15) is 5.56 Å². The Hall–Kier alpha value is -1.52. The lowest BCUT2D eigenvalue weighted by molar-refractivity contribution is -0.135. The lowest BCUT2D eigenvalue weighted by Gasteiger charge is -1.99. The molecule has 0 atom stereocenters. The number of hydrogen-bond acceptors (Lipinski definition) is 3. The highest BCUT2D eigenvalue weighted by atomic mass is 35.5. The van der Waals surface area contributed by atoms with Crippen molar-refractivity contribution in [3.05, 3.63) is 34.9 Å². The Morgan fingerprint density at radius 2 is 2.25 bits per heavy atom. The molecule has 86 valence electrons. The second-order valence-electron chi connectivity index (χ2n) is 3.13. The van der Waals surface area contributed by atoms with Gasteiger partial charge < -0.3 is 15.5 Å². The van der Waals surface area contributed by atoms with Gasteiger partial charge in [0.1, 0.15) is 5.75 Å². The number of halogens is 1. The third kappa shape index (κ3) is 4.33. The Morgan fingerprint density at radius 1 is 1.50 bits per heavy atom. The fourth-order valence-corrected chi connectivity index (χ4v) is 1.29. The zero-order valence-corrected chi connectivity index (χ0v) is 9.24. The molecule has 1 aromatic carbocycles. The van der Waals surface area contributed by atoms with E-state index in [1.54, 1.807) is 24.3 Å². The Bertz CT molecular complexity index is 404. The van der Waals surface area contributed by atoms with Crippen molar-refractivity contribution < 1.29 is 15.0 Å². The van der Waals surface area contributed by atoms with Crippen LogP contribution in [0.5, 0.6) is 5.75 Å². The highest BCUT2D eigenvalue weighted by Crippen LogP contribution is 2.22. The van der Waals surface area contributed by atoms with Gasteiger partial charge in [0.15, 0.2) is 0 Å². The van der Waals surface area contributed by atoms with Gasteiger partial charge >= 0.3 is 5.97 Å². The van der Waals surface area contributed by atoms with E-state index in [9.17, 15) is 9.90 Å². The number of aliphatic carboxylic acids is 1. The standard InChI is InChI=1S/C11H12ClNO3/c12-9-3-4-10(14)8(6-9)2-1-5-13-7-11(15)16/h1-4,6,13-14H,5,7H2,(H,15,16)/b2-1+. The van der Waals surface area contributed by atoms with E-state index in [1.807, 2.05) is 0 Å². The van der Waals surface area contributed by atoms with Crippen LogP contribution < -0.4 is 5.32 Å². The van der Waals surface area contributed by atoms with E-state index < -0.39 is 5.97 Å². The number of rotatable bonds is 5. The van der Waals surface area contributed by atoms with Gasteiger partial charge in [-0.3, -0.25) is 4.79 Å². The fraction of sp³-hybridized carbons (Fsp3) is 0.182. The molecule has 16 heavy (non-hydrogen) atoms. The first-order valence-electron chi connectivity index (χ1n) is 4.67. The van der Waals surface area contributed by atoms with Gasteiger partial charge in [0.05, 0.1) is 6.54 Å². The zero-order valence-electron chi connectivity index (χ0n) is 8.48. The number of benzene rings is 1. The van der Waals surface area contributed by atoms with Crippen LogP contribution in [0.2, 0.25) is 5.02 Å². The third-order valence-electron chi connectivity index (χ3n) is 1.83. The van der Waals surface area contributed by atoms with Crippen molar-refractivity contribution >= 4 is 23.6 Å². The SMILES string of the molecule is O=C(O)CNC/C=C/c1cc(Cl)ccc1O. The van der Waals surface area contributed by atoms with E-state index in [2.05, 4.69) is 5.32 Å². The summed E-state index contributed by atoms with van der Waals surface area (Å²) in [6.45, 7) is 0.324. The van der Waals surface area contributed by atoms with Crippen molar-refractivity contribution in [1.29, 1.82) is 0 Å². The lowest BCUT2D eigenvalue weighted by Crippen LogP contribution is -2.22. The summed E-state index contributed by atoms with van der Waals surface area (Å²) in [5, 5.41) is 21.0. The molecule has 1 rings (SSSR count). The van der Waals surface area contributed by atoms with Gasteiger partial charge in [0, 0.05) is 17.1 Å². The van der Waals surface area contributed by atoms with Crippen molar-refractivity contribution in [2.45, 2.75) is 0 Å². The molecule has 0 fully saturated rings. The van der Waals surface area contributed by atoms with Crippen molar-refractivity contribution in [3.8, 4) is 5.75 Å². The fourth-order valence-electron chi connectivity index (χ4n) is 1.11. The largest absolute Gasteiger partial charge is 0.507 e. The zero-order chi connectivity index (χ0) is 12.0. The van der Waals surface area contributed by atoms with Crippen LogP contribution in [0, 0.1) is 0 Å². The first-order valence-corrected chi connectivity index (χ1v) is 5.05. The van der Waals surface area contributed by atoms with Crippen molar-refractivity contribution in [2.75, 3.05) is 13.1 Å². The number of carboxylic acid groups (broad SMARTS) is 1. The highest BCUT2D eigenvalue weighted by Gasteiger charge is 1.97. The summed E-state index contributed by atoms with van der Waals surface area (Å²) in [6, 6.07) is 4.73. The second kappa shape index (κ2) is 6.15. The summed E-state index contributed by atoms with van der Waals surface area (Å²) < 4.78 is 0. The van der Waals surface area contributed by atoms with Crippen LogP contribution in [-0.4, -0.2) is 29.3 Å². The predicted molar refractivity (Wildman–Crippen MR) is 62.7 cm³/mol. The maximum Gasteiger partial charge on any atom is 0.317 e. The minimum absolute atomic E-state index is 0.0914. The summed E-state index contributed by atoms with van der Waals surface area (Å²) in [5.74, 6) is -0.766. The number of aromatic hydroxyl groups is 1. The Morgan fingerprint density at radius 3 is 2.94 bits per heavy atom. The van der Waals surface area contributed by atoms with Crippen LogP contribution in [0.4, 0.5) is 0 Å². The number of nitrogens with one attached hydrogen (secondary N) is 1. The van der Waals surface area contributed by atoms with Crippen molar-refractivity contribution in [2.24, 2.45) is 0 Å². The van der Waals surface area contributed by atoms with E-state index in [0.29, 0.717) is 17.1 Å². The molecule has 0 radical (unpaired) electrons. The average molecular weight is 242 g/mol. The minimum atomic E-state index is -0.904. The molecule has 0 amide bonds. The van der Waals surface area contributed by atoms with E-state index in [1.165, 1.54) is 6.07 Å². The normalized spacial score (nSPS) is 10.8. The summed E-state index contributed by atoms with van der Waals surface area (Å²) in [5.41, 5.74) is 0.602. The Labute approximate surface area is 98.2 Å². The number of carbonyl (C=O) groups is 1. The van der Waals surface area contributed by atoms with Gasteiger partial charge in [0.2, 0.25) is 0 Å². The van der Waals surface area contributed by atoms with Gasteiger partial charge in [-0.2, -0.15) is 0 Å². The topological polar surface area (TPSA) is 69.6 Å². The van der Waals surface area contributed by atoms with Crippen LogP contribution in [0.15, 0.2) is 24.3 Å². The summed E-state index contributed by atoms with van der Waals surface area (Å²) in [7, 11) is 0. The van der Waals surface area contributed by atoms with Gasteiger partial charge in [-0.05, 0) is 18.2 Å². The molecule has 0 aliphatic carbocycles. The first kappa shape index (κ1) is 12.5. The van der Waals surface area contributed by atoms with Crippen LogP contribution in [0.25, 0.3) is 6.08 Å². The van der Waals surface area contributed by atoms with Crippen LogP contribution in [-0.2, 0) is 4.79 Å². The molecule has 4 nitrogen and oxygen atoms in total. The maximum absolute atomic E-state index is 10.2. The monoisotopic (exact) mass is 241 g/mol. The van der Waals surface area contributed by atoms with E-state index in [-0.39, 0.29) is 12.3 Å². The number of phenolic OH excluding ortho intramolecular Hbond substituents is 1. The molecule has 0 bridgehead atoms. The summed E-state index contributed by atoms with van der Waals surface area (Å²) in [6.07, 6.45) is 3.39. The number of hydrogen-bond donors (Lipinski definition) is 3. The minimum Gasteiger partial charge on any atom is -0.507 e. The van der Waals surface area contributed by atoms with Crippen molar-refractivity contribution in [3.63, 3.8) is 0 Å². The first-order chi connectivity index (χ1) is 7.59. The molecule has 0 saturated heterocycles.